The fourth-order valence-corrected chi connectivity index (χ4v) is 3.42. The number of imidazole rings is 1. The maximum Gasteiger partial charge on any atom is 0.161 e. The molecule has 2 heterocycles. The predicted molar refractivity (Wildman–Crippen MR) is 107 cm³/mol. The van der Waals surface area contributed by atoms with Crippen molar-refractivity contribution in [2.75, 3.05) is 32.8 Å². The molecule has 0 radical (unpaired) electrons. The largest absolute Gasteiger partial charge is 0.490 e. The van der Waals surface area contributed by atoms with Gasteiger partial charge in [0.05, 0.1) is 19.3 Å². The van der Waals surface area contributed by atoms with Crippen LogP contribution in [0, 0.1) is 5.92 Å². The minimum absolute atomic E-state index is 0.270. The molecule has 0 aliphatic carbocycles. The van der Waals surface area contributed by atoms with Crippen molar-refractivity contribution in [2.24, 2.45) is 13.0 Å². The summed E-state index contributed by atoms with van der Waals surface area (Å²) in [5.74, 6) is 3.25. The lowest BCUT2D eigenvalue weighted by Gasteiger charge is -2.35. The number of benzene rings is 1. The van der Waals surface area contributed by atoms with Crippen LogP contribution < -0.4 is 14.8 Å². The van der Waals surface area contributed by atoms with Crippen LogP contribution in [0.4, 0.5) is 0 Å². The van der Waals surface area contributed by atoms with E-state index in [4.69, 9.17) is 9.47 Å². The van der Waals surface area contributed by atoms with E-state index in [1.807, 2.05) is 25.4 Å². The molecule has 1 aromatic carbocycles. The summed E-state index contributed by atoms with van der Waals surface area (Å²) in [6.45, 7) is 11.4. The topological polar surface area (TPSA) is 51.5 Å². The van der Waals surface area contributed by atoms with Crippen molar-refractivity contribution in [1.29, 1.82) is 0 Å². The third kappa shape index (κ3) is 5.02. The summed E-state index contributed by atoms with van der Waals surface area (Å²) >= 11 is 0. The lowest BCUT2D eigenvalue weighted by Crippen LogP contribution is -2.46. The van der Waals surface area contributed by atoms with Gasteiger partial charge in [-0.3, -0.25) is 4.90 Å². The smallest absolute Gasteiger partial charge is 0.161 e. The monoisotopic (exact) mass is 372 g/mol. The molecule has 0 amide bonds. The molecule has 1 saturated heterocycles. The highest BCUT2D eigenvalue weighted by Crippen LogP contribution is 2.31. The molecular formula is C21H32N4O2. The standard InChI is InChI=1S/C21H32N4O2/c1-5-26-20-12-17(6-7-19(20)27-15-16(2)3)14-25-11-8-22-13-18(25)21-23-9-10-24(21)4/h6-7,9-10,12,16,18,22H,5,8,11,13-15H2,1-4H3. The molecular weight excluding hydrogens is 340 g/mol. The Morgan fingerprint density at radius 2 is 2.11 bits per heavy atom. The average molecular weight is 373 g/mol. The van der Waals surface area contributed by atoms with Crippen molar-refractivity contribution in [3.8, 4) is 11.5 Å². The van der Waals surface area contributed by atoms with E-state index in [1.165, 1.54) is 5.56 Å². The van der Waals surface area contributed by atoms with Crippen molar-refractivity contribution in [3.05, 3.63) is 42.0 Å². The van der Waals surface area contributed by atoms with Gasteiger partial charge in [-0.15, -0.1) is 0 Å². The number of ether oxygens (including phenoxy) is 2. The van der Waals surface area contributed by atoms with Gasteiger partial charge in [-0.25, -0.2) is 4.98 Å². The van der Waals surface area contributed by atoms with E-state index in [9.17, 15) is 0 Å². The zero-order chi connectivity index (χ0) is 19.2. The Kier molecular flexibility index (Phi) is 6.74. The van der Waals surface area contributed by atoms with Crippen molar-refractivity contribution in [1.82, 2.24) is 19.8 Å². The fraction of sp³-hybridized carbons (Fsp3) is 0.571. The number of nitrogens with zero attached hydrogens (tertiary/aromatic N) is 3. The lowest BCUT2D eigenvalue weighted by atomic mass is 10.1. The first-order valence-electron chi connectivity index (χ1n) is 9.89. The van der Waals surface area contributed by atoms with E-state index in [1.54, 1.807) is 0 Å². The fourth-order valence-electron chi connectivity index (χ4n) is 3.42. The molecule has 0 saturated carbocycles. The predicted octanol–water partition coefficient (Wildman–Crippen LogP) is 3.00. The Balaban J connectivity index is 1.76. The summed E-state index contributed by atoms with van der Waals surface area (Å²) in [6.07, 6.45) is 3.88. The van der Waals surface area contributed by atoms with Crippen LogP contribution in [-0.2, 0) is 13.6 Å². The number of aromatic nitrogens is 2. The molecule has 1 unspecified atom stereocenters. The number of piperazine rings is 1. The quantitative estimate of drug-likeness (QED) is 0.772. The van der Waals surface area contributed by atoms with Gasteiger partial charge in [0.2, 0.25) is 0 Å². The normalized spacial score (nSPS) is 18.0. The first kappa shape index (κ1) is 19.7. The van der Waals surface area contributed by atoms with Gasteiger partial charge in [-0.2, -0.15) is 0 Å². The zero-order valence-electron chi connectivity index (χ0n) is 16.9. The molecule has 2 aromatic rings. The van der Waals surface area contributed by atoms with Crippen molar-refractivity contribution >= 4 is 0 Å². The highest BCUT2D eigenvalue weighted by Gasteiger charge is 2.27. The molecule has 27 heavy (non-hydrogen) atoms. The summed E-state index contributed by atoms with van der Waals surface area (Å²) in [5.41, 5.74) is 1.23. The minimum Gasteiger partial charge on any atom is -0.490 e. The van der Waals surface area contributed by atoms with Crippen LogP contribution >= 0.6 is 0 Å². The first-order valence-corrected chi connectivity index (χ1v) is 9.89. The highest BCUT2D eigenvalue weighted by molar-refractivity contribution is 5.43. The Morgan fingerprint density at radius 1 is 1.26 bits per heavy atom. The molecule has 6 nitrogen and oxygen atoms in total. The second-order valence-electron chi connectivity index (χ2n) is 7.51. The van der Waals surface area contributed by atoms with Gasteiger partial charge in [0.15, 0.2) is 11.5 Å². The van der Waals surface area contributed by atoms with Crippen LogP contribution in [0.5, 0.6) is 11.5 Å². The van der Waals surface area contributed by atoms with Crippen LogP contribution in [-0.4, -0.2) is 47.3 Å². The molecule has 1 atom stereocenters. The molecule has 1 aliphatic heterocycles. The maximum atomic E-state index is 5.93. The van der Waals surface area contributed by atoms with E-state index in [0.29, 0.717) is 19.1 Å². The summed E-state index contributed by atoms with van der Waals surface area (Å²) in [6, 6.07) is 6.58. The number of hydrogen-bond acceptors (Lipinski definition) is 5. The van der Waals surface area contributed by atoms with Crippen LogP contribution in [0.3, 0.4) is 0 Å². The van der Waals surface area contributed by atoms with Gasteiger partial charge in [0.1, 0.15) is 5.82 Å². The summed E-state index contributed by atoms with van der Waals surface area (Å²) in [5, 5.41) is 3.49. The van der Waals surface area contributed by atoms with Crippen molar-refractivity contribution in [2.45, 2.75) is 33.4 Å². The summed E-state index contributed by atoms with van der Waals surface area (Å²) in [4.78, 5) is 7.05. The molecule has 1 aromatic heterocycles. The lowest BCUT2D eigenvalue weighted by molar-refractivity contribution is 0.144. The third-order valence-electron chi connectivity index (χ3n) is 4.78. The number of hydrogen-bond donors (Lipinski definition) is 1. The van der Waals surface area contributed by atoms with Crippen LogP contribution in [0.25, 0.3) is 0 Å². The van der Waals surface area contributed by atoms with E-state index < -0.39 is 0 Å². The highest BCUT2D eigenvalue weighted by atomic mass is 16.5. The molecule has 6 heteroatoms. The number of aryl methyl sites for hydroxylation is 1. The van der Waals surface area contributed by atoms with E-state index in [0.717, 1.165) is 43.5 Å². The van der Waals surface area contributed by atoms with E-state index in [2.05, 4.69) is 52.8 Å². The SMILES string of the molecule is CCOc1cc(CN2CCNCC2c2nccn2C)ccc1OCC(C)C. The molecule has 1 fully saturated rings. The molecule has 3 rings (SSSR count). The summed E-state index contributed by atoms with van der Waals surface area (Å²) in [7, 11) is 2.06. The number of nitrogens with one attached hydrogen (secondary N) is 1. The Bertz CT molecular complexity index is 729. The van der Waals surface area contributed by atoms with Crippen LogP contribution in [0.15, 0.2) is 30.6 Å². The first-order chi connectivity index (χ1) is 13.1. The zero-order valence-corrected chi connectivity index (χ0v) is 16.9. The van der Waals surface area contributed by atoms with Gasteiger partial charge in [0, 0.05) is 45.6 Å². The molecule has 0 bridgehead atoms. The Labute approximate surface area is 162 Å². The average Bonchev–Trinajstić information content (AvgIpc) is 3.07. The second kappa shape index (κ2) is 9.24. The van der Waals surface area contributed by atoms with Crippen molar-refractivity contribution < 1.29 is 9.47 Å². The number of rotatable bonds is 8. The molecule has 1 aliphatic rings. The third-order valence-corrected chi connectivity index (χ3v) is 4.78. The van der Waals surface area contributed by atoms with E-state index >= 15 is 0 Å². The molecule has 148 valence electrons. The summed E-state index contributed by atoms with van der Waals surface area (Å²) < 4.78 is 13.9. The Hall–Kier alpha value is -2.05. The molecule has 1 N–H and O–H groups in total. The van der Waals surface area contributed by atoms with Gasteiger partial charge in [-0.1, -0.05) is 19.9 Å². The van der Waals surface area contributed by atoms with Crippen LogP contribution in [0.2, 0.25) is 0 Å². The van der Waals surface area contributed by atoms with Gasteiger partial charge < -0.3 is 19.4 Å². The maximum absolute atomic E-state index is 5.93. The van der Waals surface area contributed by atoms with Gasteiger partial charge in [-0.05, 0) is 30.5 Å². The second-order valence-corrected chi connectivity index (χ2v) is 7.51. The minimum atomic E-state index is 0.270. The van der Waals surface area contributed by atoms with Crippen LogP contribution in [0.1, 0.15) is 38.2 Å². The van der Waals surface area contributed by atoms with E-state index in [-0.39, 0.29) is 6.04 Å². The van der Waals surface area contributed by atoms with Crippen molar-refractivity contribution in [3.63, 3.8) is 0 Å². The molecule has 0 spiro atoms. The van der Waals surface area contributed by atoms with Gasteiger partial charge >= 0.3 is 0 Å². The van der Waals surface area contributed by atoms with Gasteiger partial charge in [0.25, 0.3) is 0 Å². The Morgan fingerprint density at radius 3 is 2.81 bits per heavy atom.